The van der Waals surface area contributed by atoms with Gasteiger partial charge in [0.1, 0.15) is 24.0 Å². The summed E-state index contributed by atoms with van der Waals surface area (Å²) in [4.78, 5) is 20.9. The van der Waals surface area contributed by atoms with Crippen LogP contribution in [0.25, 0.3) is 27.2 Å². The van der Waals surface area contributed by atoms with Gasteiger partial charge >= 0.3 is 5.97 Å². The van der Waals surface area contributed by atoms with Crippen LogP contribution in [0.5, 0.6) is 0 Å². The molecule has 0 spiro atoms. The Morgan fingerprint density at radius 2 is 1.81 bits per heavy atom. The van der Waals surface area contributed by atoms with Gasteiger partial charge in [-0.05, 0) is 37.3 Å². The fourth-order valence-electron chi connectivity index (χ4n) is 6.08. The van der Waals surface area contributed by atoms with Crippen LogP contribution in [0.4, 0.5) is 13.2 Å². The maximum atomic E-state index is 14.1. The summed E-state index contributed by atoms with van der Waals surface area (Å²) >= 11 is 1.49. The Kier molecular flexibility index (Phi) is 7.51. The molecule has 2 fully saturated rings. The highest BCUT2D eigenvalue weighted by Gasteiger charge is 2.47. The number of nitrogens with zero attached hydrogens (tertiary/aromatic N) is 7. The predicted octanol–water partition coefficient (Wildman–Crippen LogP) is 5.74. The average molecular weight is 676 g/mol. The SMILES string of the molecule is Cc1nc2ccc(-n3nc(C(=O)O)nc3[C@H]3C[C@@H](n4cc(-c5cc(F)c(F)c(F)c5)nn4)[C@H]4OC(c5ccccc5)OC[C@H]4O3)cc2s1. The van der Waals surface area contributed by atoms with E-state index in [4.69, 9.17) is 14.2 Å². The molecule has 5 atom stereocenters. The van der Waals surface area contributed by atoms with Crippen molar-refractivity contribution in [1.82, 2.24) is 34.7 Å². The second-order valence-corrected chi connectivity index (χ2v) is 12.6. The fourth-order valence-corrected chi connectivity index (χ4v) is 6.94. The van der Waals surface area contributed by atoms with Gasteiger partial charge in [-0.25, -0.2) is 37.3 Å². The molecule has 16 heteroatoms. The van der Waals surface area contributed by atoms with Gasteiger partial charge in [0.05, 0.1) is 39.8 Å². The van der Waals surface area contributed by atoms with E-state index in [1.807, 2.05) is 49.4 Å². The fraction of sp³-hybridized carbons (Fsp3) is 0.250. The first-order valence-corrected chi connectivity index (χ1v) is 15.7. The number of fused-ring (bicyclic) bond motifs is 2. The summed E-state index contributed by atoms with van der Waals surface area (Å²) in [6, 6.07) is 15.9. The Morgan fingerprint density at radius 1 is 1.02 bits per heavy atom. The van der Waals surface area contributed by atoms with E-state index in [9.17, 15) is 23.1 Å². The lowest BCUT2D eigenvalue weighted by molar-refractivity contribution is -0.302. The van der Waals surface area contributed by atoms with Gasteiger partial charge in [0, 0.05) is 17.5 Å². The van der Waals surface area contributed by atoms with E-state index in [2.05, 4.69) is 25.4 Å². The minimum atomic E-state index is -1.58. The molecule has 1 unspecified atom stereocenters. The van der Waals surface area contributed by atoms with Crippen molar-refractivity contribution in [2.24, 2.45) is 0 Å². The largest absolute Gasteiger partial charge is 0.475 e. The minimum absolute atomic E-state index is 0.00703. The van der Waals surface area contributed by atoms with E-state index in [1.165, 1.54) is 26.9 Å². The maximum Gasteiger partial charge on any atom is 0.375 e. The van der Waals surface area contributed by atoms with Gasteiger partial charge < -0.3 is 19.3 Å². The number of aromatic carboxylic acids is 1. The molecule has 12 nitrogen and oxygen atoms in total. The van der Waals surface area contributed by atoms with Crippen LogP contribution in [-0.2, 0) is 14.2 Å². The number of carbonyl (C=O) groups is 1. The molecular formula is C32H24F3N7O5S. The van der Waals surface area contributed by atoms with Gasteiger partial charge in [-0.3, -0.25) is 0 Å². The van der Waals surface area contributed by atoms with Gasteiger partial charge in [0.15, 0.2) is 29.6 Å². The van der Waals surface area contributed by atoms with Crippen molar-refractivity contribution >= 4 is 27.5 Å². The zero-order chi connectivity index (χ0) is 33.1. The van der Waals surface area contributed by atoms with Gasteiger partial charge in [0.25, 0.3) is 5.82 Å². The van der Waals surface area contributed by atoms with Crippen molar-refractivity contribution in [3.8, 4) is 16.9 Å². The summed E-state index contributed by atoms with van der Waals surface area (Å²) in [6.45, 7) is 2.01. The van der Waals surface area contributed by atoms with Crippen molar-refractivity contribution in [1.29, 1.82) is 0 Å². The first-order valence-electron chi connectivity index (χ1n) is 14.8. The predicted molar refractivity (Wildman–Crippen MR) is 163 cm³/mol. The number of aryl methyl sites for hydroxylation is 1. The molecule has 8 rings (SSSR count). The standard InChI is InChI=1S/C32H24F3N7O5S/c1-15-36-21-8-7-18(11-26(21)48-15)42-30(37-29(39-42)31(43)44)24-12-23(28-25(46-24)14-45-32(47-28)16-5-3-2-4-6-16)41-13-22(38-40-41)17-9-19(33)27(35)20(34)10-17/h2-11,13,23-25,28,32H,12,14H2,1H3,(H,43,44)/t23-,24-,25-,28-,32?/m1/s1. The number of carboxylic acid groups (broad SMARTS) is 1. The summed E-state index contributed by atoms with van der Waals surface area (Å²) in [5, 5.41) is 23.4. The summed E-state index contributed by atoms with van der Waals surface area (Å²) in [6.07, 6.45) is -1.23. The summed E-state index contributed by atoms with van der Waals surface area (Å²) in [5.74, 6) is -5.81. The number of hydrogen-bond donors (Lipinski definition) is 1. The van der Waals surface area contributed by atoms with E-state index in [-0.39, 0.29) is 30.1 Å². The van der Waals surface area contributed by atoms with Crippen molar-refractivity contribution in [2.45, 2.75) is 44.0 Å². The lowest BCUT2D eigenvalue weighted by atomic mass is 9.93. The molecule has 2 aliphatic heterocycles. The maximum absolute atomic E-state index is 14.1. The van der Waals surface area contributed by atoms with Crippen molar-refractivity contribution < 1.29 is 37.3 Å². The molecular weight excluding hydrogens is 651 g/mol. The van der Waals surface area contributed by atoms with Crippen LogP contribution in [0.15, 0.2) is 66.9 Å². The molecule has 2 aliphatic rings. The molecule has 0 bridgehead atoms. The van der Waals surface area contributed by atoms with Crippen molar-refractivity contribution in [2.75, 3.05) is 6.61 Å². The highest BCUT2D eigenvalue weighted by atomic mass is 32.1. The van der Waals surface area contributed by atoms with Crippen molar-refractivity contribution in [3.63, 3.8) is 0 Å². The topological polar surface area (TPSA) is 139 Å². The van der Waals surface area contributed by atoms with E-state index in [0.717, 1.165) is 32.9 Å². The zero-order valence-corrected chi connectivity index (χ0v) is 25.7. The van der Waals surface area contributed by atoms with Crippen LogP contribution in [0.1, 0.15) is 51.9 Å². The van der Waals surface area contributed by atoms with Crippen LogP contribution in [0, 0.1) is 24.4 Å². The molecule has 244 valence electrons. The van der Waals surface area contributed by atoms with Gasteiger partial charge in [-0.15, -0.1) is 21.5 Å². The minimum Gasteiger partial charge on any atom is -0.475 e. The Hall–Kier alpha value is -5.03. The molecule has 3 aromatic heterocycles. The summed E-state index contributed by atoms with van der Waals surface area (Å²) < 4.78 is 64.7. The molecule has 0 aliphatic carbocycles. The lowest BCUT2D eigenvalue weighted by Crippen LogP contribution is -2.51. The second kappa shape index (κ2) is 11.9. The lowest BCUT2D eigenvalue weighted by Gasteiger charge is -2.45. The monoisotopic (exact) mass is 675 g/mol. The normalized spacial score (nSPS) is 22.5. The van der Waals surface area contributed by atoms with Crippen molar-refractivity contribution in [3.05, 3.63) is 107 Å². The van der Waals surface area contributed by atoms with Gasteiger partial charge in [-0.2, -0.15) is 0 Å². The first kappa shape index (κ1) is 30.3. The van der Waals surface area contributed by atoms with Crippen LogP contribution >= 0.6 is 11.3 Å². The Bertz CT molecular complexity index is 2150. The average Bonchev–Trinajstić information content (AvgIpc) is 3.84. The smallest absolute Gasteiger partial charge is 0.375 e. The highest BCUT2D eigenvalue weighted by Crippen LogP contribution is 2.44. The number of thiazole rings is 1. The highest BCUT2D eigenvalue weighted by molar-refractivity contribution is 7.18. The van der Waals surface area contributed by atoms with Crippen LogP contribution in [-0.4, -0.2) is 64.6 Å². The van der Waals surface area contributed by atoms with Gasteiger partial charge in [0.2, 0.25) is 0 Å². The van der Waals surface area contributed by atoms with Gasteiger partial charge in [-0.1, -0.05) is 35.5 Å². The van der Waals surface area contributed by atoms with E-state index < -0.39 is 59.9 Å². The molecule has 5 heterocycles. The third-order valence-corrected chi connectivity index (χ3v) is 9.20. The summed E-state index contributed by atoms with van der Waals surface area (Å²) in [5.41, 5.74) is 2.24. The molecule has 0 radical (unpaired) electrons. The number of rotatable bonds is 6. The molecule has 48 heavy (non-hydrogen) atoms. The molecule has 6 aromatic rings. The van der Waals surface area contributed by atoms with E-state index >= 15 is 0 Å². The zero-order valence-electron chi connectivity index (χ0n) is 24.9. The van der Waals surface area contributed by atoms with Crippen LogP contribution in [0.2, 0.25) is 0 Å². The number of benzene rings is 3. The second-order valence-electron chi connectivity index (χ2n) is 11.4. The first-order chi connectivity index (χ1) is 23.2. The number of carboxylic acids is 1. The number of aromatic nitrogens is 7. The number of hydrogen-bond acceptors (Lipinski definition) is 10. The van der Waals surface area contributed by atoms with Crippen LogP contribution in [0.3, 0.4) is 0 Å². The number of ether oxygens (including phenoxy) is 3. The summed E-state index contributed by atoms with van der Waals surface area (Å²) in [7, 11) is 0. The van der Waals surface area contributed by atoms with E-state index in [0.29, 0.717) is 5.69 Å². The molecule has 0 saturated carbocycles. The molecule has 1 N–H and O–H groups in total. The van der Waals surface area contributed by atoms with Crippen LogP contribution < -0.4 is 0 Å². The van der Waals surface area contributed by atoms with E-state index in [1.54, 1.807) is 6.07 Å². The molecule has 2 saturated heterocycles. The molecule has 0 amide bonds. The number of halogens is 3. The third kappa shape index (κ3) is 5.41. The quantitative estimate of drug-likeness (QED) is 0.217. The Morgan fingerprint density at radius 3 is 2.58 bits per heavy atom. The Labute approximate surface area is 273 Å². The third-order valence-electron chi connectivity index (χ3n) is 8.27. The Balaban J connectivity index is 1.19. The molecule has 3 aromatic carbocycles.